The summed E-state index contributed by atoms with van der Waals surface area (Å²) in [4.78, 5) is 15.9. The van der Waals surface area contributed by atoms with Crippen molar-refractivity contribution < 1.29 is 18.0 Å². The Morgan fingerprint density at radius 3 is 2.34 bits per heavy atom. The molecule has 7 heteroatoms. The summed E-state index contributed by atoms with van der Waals surface area (Å²) >= 11 is 0. The van der Waals surface area contributed by atoms with Crippen molar-refractivity contribution in [3.8, 4) is 0 Å². The predicted octanol–water partition coefficient (Wildman–Crippen LogP) is 5.89. The van der Waals surface area contributed by atoms with E-state index in [1.165, 1.54) is 6.07 Å². The van der Waals surface area contributed by atoms with Gasteiger partial charge < -0.3 is 10.6 Å². The van der Waals surface area contributed by atoms with E-state index in [2.05, 4.69) is 15.6 Å². The van der Waals surface area contributed by atoms with Crippen LogP contribution in [0.5, 0.6) is 0 Å². The van der Waals surface area contributed by atoms with Gasteiger partial charge in [0.25, 0.3) is 0 Å². The first-order chi connectivity index (χ1) is 13.7. The molecule has 0 spiro atoms. The quantitative estimate of drug-likeness (QED) is 0.562. The summed E-state index contributed by atoms with van der Waals surface area (Å²) in [6, 6.07) is 16.9. The molecule has 2 aromatic carbocycles. The van der Waals surface area contributed by atoms with Crippen LogP contribution >= 0.6 is 0 Å². The second-order valence-corrected chi connectivity index (χ2v) is 6.70. The number of nitrogens with zero attached hydrogens (tertiary/aromatic N) is 1. The van der Waals surface area contributed by atoms with E-state index in [1.54, 1.807) is 31.2 Å². The van der Waals surface area contributed by atoms with Crippen LogP contribution in [0.3, 0.4) is 0 Å². The summed E-state index contributed by atoms with van der Waals surface area (Å²) in [5.41, 5.74) is 2.47. The van der Waals surface area contributed by atoms with Gasteiger partial charge in [-0.3, -0.25) is 9.78 Å². The van der Waals surface area contributed by atoms with Crippen LogP contribution in [0.2, 0.25) is 0 Å². The van der Waals surface area contributed by atoms with E-state index in [0.29, 0.717) is 5.69 Å². The molecule has 0 aliphatic heterocycles. The zero-order valence-electron chi connectivity index (χ0n) is 15.9. The SMILES string of the molecule is Cc1ccccc1NC(=O)C(C)c1ccc(Nc2ccnc(C(F)(F)F)c2)cc1. The van der Waals surface area contributed by atoms with Crippen LogP contribution in [-0.2, 0) is 11.0 Å². The fraction of sp³-hybridized carbons (Fsp3) is 0.182. The number of halogens is 3. The number of anilines is 3. The second-order valence-electron chi connectivity index (χ2n) is 6.70. The van der Waals surface area contributed by atoms with Crippen molar-refractivity contribution in [1.29, 1.82) is 0 Å². The first kappa shape index (κ1) is 20.4. The van der Waals surface area contributed by atoms with Gasteiger partial charge in [-0.2, -0.15) is 13.2 Å². The Balaban J connectivity index is 1.68. The first-order valence-electron chi connectivity index (χ1n) is 9.01. The summed E-state index contributed by atoms with van der Waals surface area (Å²) in [6.45, 7) is 3.72. The third-order valence-electron chi connectivity index (χ3n) is 4.55. The lowest BCUT2D eigenvalue weighted by atomic mass is 9.99. The van der Waals surface area contributed by atoms with Crippen molar-refractivity contribution in [2.24, 2.45) is 0 Å². The number of benzene rings is 2. The Hall–Kier alpha value is -3.35. The lowest BCUT2D eigenvalue weighted by molar-refractivity contribution is -0.141. The normalized spacial score (nSPS) is 12.3. The molecule has 1 heterocycles. The van der Waals surface area contributed by atoms with Gasteiger partial charge in [-0.05, 0) is 55.3 Å². The minimum absolute atomic E-state index is 0.135. The van der Waals surface area contributed by atoms with E-state index in [0.717, 1.165) is 29.1 Å². The molecule has 3 aromatic rings. The number of carbonyl (C=O) groups excluding carboxylic acids is 1. The Morgan fingerprint density at radius 1 is 1.00 bits per heavy atom. The Morgan fingerprint density at radius 2 is 1.69 bits per heavy atom. The minimum Gasteiger partial charge on any atom is -0.355 e. The van der Waals surface area contributed by atoms with Crippen LogP contribution in [0.4, 0.5) is 30.2 Å². The van der Waals surface area contributed by atoms with Crippen LogP contribution < -0.4 is 10.6 Å². The van der Waals surface area contributed by atoms with Gasteiger partial charge in [-0.1, -0.05) is 30.3 Å². The Labute approximate surface area is 166 Å². The van der Waals surface area contributed by atoms with Crippen LogP contribution in [0.1, 0.15) is 29.7 Å². The summed E-state index contributed by atoms with van der Waals surface area (Å²) in [6.07, 6.45) is -3.39. The molecule has 0 fully saturated rings. The van der Waals surface area contributed by atoms with Crippen LogP contribution in [-0.4, -0.2) is 10.9 Å². The highest BCUT2D eigenvalue weighted by Gasteiger charge is 2.32. The maximum absolute atomic E-state index is 12.8. The van der Waals surface area contributed by atoms with E-state index >= 15 is 0 Å². The predicted molar refractivity (Wildman–Crippen MR) is 107 cm³/mol. The van der Waals surface area contributed by atoms with Gasteiger partial charge in [-0.15, -0.1) is 0 Å². The van der Waals surface area contributed by atoms with Crippen molar-refractivity contribution in [2.75, 3.05) is 10.6 Å². The molecular formula is C22H20F3N3O. The molecule has 0 saturated heterocycles. The number of hydrogen-bond acceptors (Lipinski definition) is 3. The highest BCUT2D eigenvalue weighted by molar-refractivity contribution is 5.96. The topological polar surface area (TPSA) is 54.0 Å². The van der Waals surface area contributed by atoms with Gasteiger partial charge >= 0.3 is 6.18 Å². The standard InChI is InChI=1S/C22H20F3N3O/c1-14-5-3-4-6-19(14)28-21(29)15(2)16-7-9-17(10-8-16)27-18-11-12-26-20(13-18)22(23,24)25/h3-13,15H,1-2H3,(H,26,27)(H,28,29). The van der Waals surface area contributed by atoms with E-state index < -0.39 is 11.9 Å². The minimum atomic E-state index is -4.50. The molecule has 1 unspecified atom stereocenters. The fourth-order valence-corrected chi connectivity index (χ4v) is 2.79. The van der Waals surface area contributed by atoms with Gasteiger partial charge in [-0.25, -0.2) is 0 Å². The van der Waals surface area contributed by atoms with E-state index in [1.807, 2.05) is 31.2 Å². The molecule has 1 amide bonds. The fourth-order valence-electron chi connectivity index (χ4n) is 2.79. The summed E-state index contributed by atoms with van der Waals surface area (Å²) < 4.78 is 38.3. The molecule has 2 N–H and O–H groups in total. The zero-order chi connectivity index (χ0) is 21.0. The Bertz CT molecular complexity index is 1000. The highest BCUT2D eigenvalue weighted by Crippen LogP contribution is 2.30. The summed E-state index contributed by atoms with van der Waals surface area (Å²) in [5.74, 6) is -0.523. The molecule has 0 bridgehead atoms. The van der Waals surface area contributed by atoms with E-state index in [4.69, 9.17) is 0 Å². The number of hydrogen-bond donors (Lipinski definition) is 2. The van der Waals surface area contributed by atoms with Crippen molar-refractivity contribution in [1.82, 2.24) is 4.98 Å². The largest absolute Gasteiger partial charge is 0.433 e. The van der Waals surface area contributed by atoms with Crippen LogP contribution in [0.15, 0.2) is 66.9 Å². The number of aryl methyl sites for hydroxylation is 1. The first-order valence-corrected chi connectivity index (χ1v) is 9.01. The van der Waals surface area contributed by atoms with Crippen LogP contribution in [0, 0.1) is 6.92 Å². The molecule has 0 aliphatic carbocycles. The monoisotopic (exact) mass is 399 g/mol. The smallest absolute Gasteiger partial charge is 0.355 e. The van der Waals surface area contributed by atoms with Gasteiger partial charge in [0.2, 0.25) is 5.91 Å². The second kappa shape index (κ2) is 8.34. The lowest BCUT2D eigenvalue weighted by Crippen LogP contribution is -2.19. The van der Waals surface area contributed by atoms with E-state index in [-0.39, 0.29) is 17.5 Å². The van der Waals surface area contributed by atoms with Crippen LogP contribution in [0.25, 0.3) is 0 Å². The third kappa shape index (κ3) is 5.13. The molecule has 29 heavy (non-hydrogen) atoms. The molecule has 1 aromatic heterocycles. The molecule has 1 atom stereocenters. The molecule has 3 rings (SSSR count). The number of carbonyl (C=O) groups is 1. The molecule has 0 radical (unpaired) electrons. The Kier molecular flexibility index (Phi) is 5.87. The lowest BCUT2D eigenvalue weighted by Gasteiger charge is -2.15. The number of aromatic nitrogens is 1. The summed E-state index contributed by atoms with van der Waals surface area (Å²) in [7, 11) is 0. The van der Waals surface area contributed by atoms with Crippen molar-refractivity contribution in [3.05, 3.63) is 83.7 Å². The zero-order valence-corrected chi connectivity index (χ0v) is 15.9. The number of amides is 1. The number of para-hydroxylation sites is 1. The number of alkyl halides is 3. The molecular weight excluding hydrogens is 379 g/mol. The van der Waals surface area contributed by atoms with Crippen molar-refractivity contribution >= 4 is 23.0 Å². The average Bonchev–Trinajstić information content (AvgIpc) is 2.69. The van der Waals surface area contributed by atoms with Gasteiger partial charge in [0.05, 0.1) is 5.92 Å². The van der Waals surface area contributed by atoms with Gasteiger partial charge in [0.15, 0.2) is 0 Å². The van der Waals surface area contributed by atoms with Crippen molar-refractivity contribution in [3.63, 3.8) is 0 Å². The maximum Gasteiger partial charge on any atom is 0.433 e. The van der Waals surface area contributed by atoms with E-state index in [9.17, 15) is 18.0 Å². The third-order valence-corrected chi connectivity index (χ3v) is 4.55. The number of pyridine rings is 1. The molecule has 0 saturated carbocycles. The average molecular weight is 399 g/mol. The van der Waals surface area contributed by atoms with Crippen molar-refractivity contribution in [2.45, 2.75) is 25.9 Å². The molecule has 0 aliphatic rings. The van der Waals surface area contributed by atoms with Gasteiger partial charge in [0, 0.05) is 23.3 Å². The highest BCUT2D eigenvalue weighted by atomic mass is 19.4. The number of rotatable bonds is 5. The number of nitrogens with one attached hydrogen (secondary N) is 2. The molecule has 4 nitrogen and oxygen atoms in total. The summed E-state index contributed by atoms with van der Waals surface area (Å²) in [5, 5.41) is 5.83. The molecule has 150 valence electrons. The maximum atomic E-state index is 12.8. The van der Waals surface area contributed by atoms with Gasteiger partial charge in [0.1, 0.15) is 5.69 Å².